The molecule has 1 saturated heterocycles. The fourth-order valence-corrected chi connectivity index (χ4v) is 4.50. The highest BCUT2D eigenvalue weighted by molar-refractivity contribution is 8.18. The van der Waals surface area contributed by atoms with Gasteiger partial charge in [-0.15, -0.1) is 0 Å². The Morgan fingerprint density at radius 3 is 2.61 bits per heavy atom. The van der Waals surface area contributed by atoms with E-state index in [1.165, 1.54) is 0 Å². The lowest BCUT2D eigenvalue weighted by atomic mass is 10.1. The van der Waals surface area contributed by atoms with Gasteiger partial charge in [-0.2, -0.15) is 5.26 Å². The molecule has 0 saturated carbocycles. The predicted octanol–water partition coefficient (Wildman–Crippen LogP) is 3.99. The zero-order valence-electron chi connectivity index (χ0n) is 16.5. The number of amides is 2. The van der Waals surface area contributed by atoms with Crippen molar-refractivity contribution in [3.8, 4) is 6.07 Å². The van der Waals surface area contributed by atoms with Crippen molar-refractivity contribution in [1.82, 2.24) is 9.47 Å². The van der Waals surface area contributed by atoms with E-state index in [2.05, 4.69) is 10.6 Å². The standard InChI is InChI=1S/C23H17N3O4S/c1-14-18(10-20-22(29)26(13-21(27)28)23(30)31-20)17-8-4-5-9-19(17)25(14)12-16-7-3-2-6-15(16)11-24/h2-10H,12-13H2,1H3,(H,27,28)/b20-10+. The lowest BCUT2D eigenvalue weighted by molar-refractivity contribution is -0.140. The van der Waals surface area contributed by atoms with Crippen LogP contribution in [0.1, 0.15) is 22.4 Å². The number of imide groups is 1. The third-order valence-corrected chi connectivity index (χ3v) is 6.10. The van der Waals surface area contributed by atoms with E-state index >= 15 is 0 Å². The van der Waals surface area contributed by atoms with E-state index in [0.29, 0.717) is 12.1 Å². The number of benzene rings is 2. The minimum Gasteiger partial charge on any atom is -0.480 e. The van der Waals surface area contributed by atoms with Crippen molar-refractivity contribution in [3.05, 3.63) is 75.8 Å². The van der Waals surface area contributed by atoms with Crippen LogP contribution in [0.4, 0.5) is 4.79 Å². The van der Waals surface area contributed by atoms with Crippen LogP contribution >= 0.6 is 11.8 Å². The SMILES string of the molecule is Cc1c(/C=C2/SC(=O)N(CC(=O)O)C2=O)c2ccccc2n1Cc1ccccc1C#N. The quantitative estimate of drug-likeness (QED) is 0.613. The smallest absolute Gasteiger partial charge is 0.323 e. The molecule has 1 N–H and O–H groups in total. The summed E-state index contributed by atoms with van der Waals surface area (Å²) < 4.78 is 2.07. The number of carboxylic acids is 1. The van der Waals surface area contributed by atoms with E-state index in [9.17, 15) is 19.6 Å². The molecule has 8 heteroatoms. The summed E-state index contributed by atoms with van der Waals surface area (Å²) in [5, 5.41) is 18.7. The van der Waals surface area contributed by atoms with Crippen molar-refractivity contribution in [3.63, 3.8) is 0 Å². The van der Waals surface area contributed by atoms with Gasteiger partial charge in [0.25, 0.3) is 11.1 Å². The lowest BCUT2D eigenvalue weighted by Crippen LogP contribution is -2.33. The number of carboxylic acid groups (broad SMARTS) is 1. The molecule has 2 aromatic carbocycles. The fraction of sp³-hybridized carbons (Fsp3) is 0.130. The summed E-state index contributed by atoms with van der Waals surface area (Å²) in [4.78, 5) is 36.6. The number of aliphatic carboxylic acids is 1. The highest BCUT2D eigenvalue weighted by Crippen LogP contribution is 2.35. The number of thioether (sulfide) groups is 1. The van der Waals surface area contributed by atoms with Gasteiger partial charge in [0.1, 0.15) is 6.54 Å². The van der Waals surface area contributed by atoms with Gasteiger partial charge in [0, 0.05) is 28.7 Å². The van der Waals surface area contributed by atoms with Gasteiger partial charge in [0.05, 0.1) is 16.5 Å². The molecular weight excluding hydrogens is 414 g/mol. The van der Waals surface area contributed by atoms with Gasteiger partial charge in [-0.05, 0) is 42.5 Å². The Bertz CT molecular complexity index is 1320. The fourth-order valence-electron chi connectivity index (χ4n) is 3.68. The first kappa shape index (κ1) is 20.4. The van der Waals surface area contributed by atoms with Crippen LogP contribution in [0, 0.1) is 18.3 Å². The number of para-hydroxylation sites is 1. The predicted molar refractivity (Wildman–Crippen MR) is 117 cm³/mol. The summed E-state index contributed by atoms with van der Waals surface area (Å²) in [5.41, 5.74) is 4.06. The van der Waals surface area contributed by atoms with Crippen molar-refractivity contribution >= 4 is 45.9 Å². The summed E-state index contributed by atoms with van der Waals surface area (Å²) in [5.74, 6) is -1.85. The monoisotopic (exact) mass is 431 g/mol. The number of rotatable bonds is 5. The number of aromatic nitrogens is 1. The maximum atomic E-state index is 12.6. The molecule has 2 heterocycles. The molecular formula is C23H17N3O4S. The number of nitriles is 1. The maximum absolute atomic E-state index is 12.6. The van der Waals surface area contributed by atoms with Crippen LogP contribution in [0.15, 0.2) is 53.4 Å². The largest absolute Gasteiger partial charge is 0.480 e. The van der Waals surface area contributed by atoms with Crippen molar-refractivity contribution in [2.45, 2.75) is 13.5 Å². The molecule has 31 heavy (non-hydrogen) atoms. The Hall–Kier alpha value is -3.83. The number of nitrogens with zero attached hydrogens (tertiary/aromatic N) is 3. The number of hydrogen-bond donors (Lipinski definition) is 1. The Labute approximate surface area is 182 Å². The second-order valence-electron chi connectivity index (χ2n) is 7.03. The van der Waals surface area contributed by atoms with Crippen LogP contribution in [0.25, 0.3) is 17.0 Å². The van der Waals surface area contributed by atoms with Crippen molar-refractivity contribution in [2.24, 2.45) is 0 Å². The van der Waals surface area contributed by atoms with Crippen LogP contribution < -0.4 is 0 Å². The average Bonchev–Trinajstić information content (AvgIpc) is 3.17. The molecule has 0 atom stereocenters. The van der Waals surface area contributed by atoms with Gasteiger partial charge in [-0.1, -0.05) is 36.4 Å². The van der Waals surface area contributed by atoms with Crippen LogP contribution in [0.3, 0.4) is 0 Å². The van der Waals surface area contributed by atoms with Crippen molar-refractivity contribution < 1.29 is 19.5 Å². The molecule has 7 nitrogen and oxygen atoms in total. The number of carbonyl (C=O) groups excluding carboxylic acids is 2. The summed E-state index contributed by atoms with van der Waals surface area (Å²) in [6, 6.07) is 17.3. The summed E-state index contributed by atoms with van der Waals surface area (Å²) in [6.45, 7) is 1.74. The third-order valence-electron chi connectivity index (χ3n) is 5.19. The molecule has 0 spiro atoms. The number of hydrogen-bond acceptors (Lipinski definition) is 5. The first-order chi connectivity index (χ1) is 14.9. The molecule has 0 aliphatic carbocycles. The van der Waals surface area contributed by atoms with Crippen LogP contribution in [0.2, 0.25) is 0 Å². The average molecular weight is 431 g/mol. The Morgan fingerprint density at radius 2 is 1.87 bits per heavy atom. The molecule has 3 aromatic rings. The van der Waals surface area contributed by atoms with Crippen molar-refractivity contribution in [2.75, 3.05) is 6.54 Å². The maximum Gasteiger partial charge on any atom is 0.323 e. The van der Waals surface area contributed by atoms with Crippen molar-refractivity contribution in [1.29, 1.82) is 5.26 Å². The first-order valence-corrected chi connectivity index (χ1v) is 10.3. The van der Waals surface area contributed by atoms with E-state index in [1.54, 1.807) is 12.1 Å². The highest BCUT2D eigenvalue weighted by Gasteiger charge is 2.36. The van der Waals surface area contributed by atoms with Crippen LogP contribution in [0.5, 0.6) is 0 Å². The van der Waals surface area contributed by atoms with Gasteiger partial charge in [-0.25, -0.2) is 0 Å². The van der Waals surface area contributed by atoms with E-state index in [4.69, 9.17) is 5.11 Å². The third kappa shape index (κ3) is 3.71. The molecule has 0 unspecified atom stereocenters. The summed E-state index contributed by atoms with van der Waals surface area (Å²) in [7, 11) is 0. The topological polar surface area (TPSA) is 103 Å². The van der Waals surface area contributed by atoms with Gasteiger partial charge >= 0.3 is 5.97 Å². The molecule has 1 aliphatic heterocycles. The van der Waals surface area contributed by atoms with Gasteiger partial charge in [0.15, 0.2) is 0 Å². The molecule has 154 valence electrons. The second kappa shape index (κ2) is 8.13. The Morgan fingerprint density at radius 1 is 1.16 bits per heavy atom. The minimum absolute atomic E-state index is 0.190. The van der Waals surface area contributed by atoms with Crippen LogP contribution in [-0.2, 0) is 16.1 Å². The normalized spacial score (nSPS) is 15.1. The molecule has 1 aromatic heterocycles. The van der Waals surface area contributed by atoms with E-state index in [-0.39, 0.29) is 4.91 Å². The number of fused-ring (bicyclic) bond motifs is 1. The summed E-state index contributed by atoms with van der Waals surface area (Å²) in [6.07, 6.45) is 1.65. The molecule has 2 amide bonds. The first-order valence-electron chi connectivity index (χ1n) is 9.43. The molecule has 1 fully saturated rings. The molecule has 4 rings (SSSR count). The molecule has 0 bridgehead atoms. The highest BCUT2D eigenvalue weighted by atomic mass is 32.2. The molecule has 0 radical (unpaired) electrons. The summed E-state index contributed by atoms with van der Waals surface area (Å²) >= 11 is 0.738. The van der Waals surface area contributed by atoms with E-state index in [1.807, 2.05) is 49.4 Å². The van der Waals surface area contributed by atoms with Gasteiger partial charge < -0.3 is 9.67 Å². The van der Waals surface area contributed by atoms with E-state index in [0.717, 1.165) is 44.4 Å². The second-order valence-corrected chi connectivity index (χ2v) is 8.03. The molecule has 1 aliphatic rings. The lowest BCUT2D eigenvalue weighted by Gasteiger charge is -2.10. The van der Waals surface area contributed by atoms with Crippen LogP contribution in [-0.4, -0.2) is 38.2 Å². The zero-order valence-corrected chi connectivity index (χ0v) is 17.3. The minimum atomic E-state index is -1.24. The van der Waals surface area contributed by atoms with Gasteiger partial charge in [-0.3, -0.25) is 19.3 Å². The Balaban J connectivity index is 1.80. The zero-order chi connectivity index (χ0) is 22.1. The van der Waals surface area contributed by atoms with Gasteiger partial charge in [0.2, 0.25) is 0 Å². The van der Waals surface area contributed by atoms with E-state index < -0.39 is 23.7 Å². The number of carbonyl (C=O) groups is 3. The Kier molecular flexibility index (Phi) is 5.36.